The molecule has 0 radical (unpaired) electrons. The maximum atomic E-state index is 10.6. The molecule has 0 aromatic heterocycles. The average Bonchev–Trinajstić information content (AvgIpc) is 2.81. The van der Waals surface area contributed by atoms with Crippen LogP contribution in [0.1, 0.15) is 0 Å². The zero-order chi connectivity index (χ0) is 25.4. The SMILES string of the molecule is OC[C@H]1OC[C@@](O)(OC[C@H]2O[C@H](O)[C@@H](O)[C@@H](O[C@]3(O)CO[C@H](CO)[C@@H](O)[C@@H]3O)[C@@H]2O)[C@@H](O)[C@@H]1O. The van der Waals surface area contributed by atoms with Crippen LogP contribution in [0.4, 0.5) is 0 Å². The summed E-state index contributed by atoms with van der Waals surface area (Å²) in [6.07, 6.45) is -19.1. The molecule has 11 N–H and O–H groups in total. The first-order chi connectivity index (χ1) is 15.9. The van der Waals surface area contributed by atoms with Crippen LogP contribution in [-0.2, 0) is 23.7 Å². The van der Waals surface area contributed by atoms with Crippen molar-refractivity contribution in [2.24, 2.45) is 0 Å². The first-order valence-corrected chi connectivity index (χ1v) is 10.5. The normalized spacial score (nSPS) is 52.5. The van der Waals surface area contributed by atoms with Gasteiger partial charge in [0.2, 0.25) is 11.6 Å². The molecule has 16 nitrogen and oxygen atoms in total. The van der Waals surface area contributed by atoms with Gasteiger partial charge in [0.05, 0.1) is 19.8 Å². The Morgan fingerprint density at radius 1 is 0.676 bits per heavy atom. The molecule has 34 heavy (non-hydrogen) atoms. The molecule has 0 unspecified atom stereocenters. The number of aliphatic hydroxyl groups is 11. The van der Waals surface area contributed by atoms with Crippen molar-refractivity contribution in [2.45, 2.75) is 78.9 Å². The van der Waals surface area contributed by atoms with E-state index in [2.05, 4.69) is 0 Å². The lowest BCUT2D eigenvalue weighted by Crippen LogP contribution is -2.68. The van der Waals surface area contributed by atoms with Gasteiger partial charge >= 0.3 is 0 Å². The molecule has 0 aromatic carbocycles. The molecule has 0 aromatic rings. The molecule has 3 saturated heterocycles. The van der Waals surface area contributed by atoms with Crippen molar-refractivity contribution >= 4 is 0 Å². The Labute approximate surface area is 192 Å². The molecule has 0 saturated carbocycles. The molecule has 0 aliphatic carbocycles. The summed E-state index contributed by atoms with van der Waals surface area (Å²) in [5.74, 6) is -5.17. The van der Waals surface area contributed by atoms with E-state index in [-0.39, 0.29) is 0 Å². The van der Waals surface area contributed by atoms with Crippen molar-refractivity contribution in [3.05, 3.63) is 0 Å². The van der Waals surface area contributed by atoms with Gasteiger partial charge in [-0.3, -0.25) is 0 Å². The van der Waals surface area contributed by atoms with Crippen LogP contribution in [0.25, 0.3) is 0 Å². The molecule has 0 amide bonds. The lowest BCUT2D eigenvalue weighted by atomic mass is 9.94. The summed E-state index contributed by atoms with van der Waals surface area (Å²) in [5.41, 5.74) is 0. The fourth-order valence-electron chi connectivity index (χ4n) is 3.97. The van der Waals surface area contributed by atoms with E-state index in [1.165, 1.54) is 0 Å². The summed E-state index contributed by atoms with van der Waals surface area (Å²) >= 11 is 0. The van der Waals surface area contributed by atoms with Crippen molar-refractivity contribution < 1.29 is 79.9 Å². The lowest BCUT2D eigenvalue weighted by molar-refractivity contribution is -0.391. The summed E-state index contributed by atoms with van der Waals surface area (Å²) in [5, 5.41) is 110. The van der Waals surface area contributed by atoms with Gasteiger partial charge in [0.15, 0.2) is 6.29 Å². The summed E-state index contributed by atoms with van der Waals surface area (Å²) in [6, 6.07) is 0. The maximum absolute atomic E-state index is 10.6. The fourth-order valence-corrected chi connectivity index (χ4v) is 3.97. The van der Waals surface area contributed by atoms with E-state index >= 15 is 0 Å². The third kappa shape index (κ3) is 5.23. The highest BCUT2D eigenvalue weighted by Gasteiger charge is 2.56. The van der Waals surface area contributed by atoms with Crippen molar-refractivity contribution in [3.8, 4) is 0 Å². The van der Waals surface area contributed by atoms with Gasteiger partial charge in [0.1, 0.15) is 74.3 Å². The Bertz CT molecular complexity index is 670. The zero-order valence-electron chi connectivity index (χ0n) is 17.8. The second-order valence-corrected chi connectivity index (χ2v) is 8.56. The molecule has 200 valence electrons. The molecule has 16 heteroatoms. The molecule has 3 rings (SSSR count). The standard InChI is InChI=1S/C18H32O16/c19-1-6-10(22)14(25)17(28,4-30-6)32-3-8-9(21)13(12(24)16(27)33-8)34-18(29)5-31-7(2-20)11(23)15(18)26/h6-16,19-29H,1-5H2/t6-,7-,8-,9-,10-,11-,12+,13+,14+,15+,16+,17-,18-/m1/s1. The minimum Gasteiger partial charge on any atom is -0.394 e. The predicted molar refractivity (Wildman–Crippen MR) is 101 cm³/mol. The maximum Gasteiger partial charge on any atom is 0.219 e. The first kappa shape index (κ1) is 27.9. The predicted octanol–water partition coefficient (Wildman–Crippen LogP) is -7.57. The Balaban J connectivity index is 1.68. The smallest absolute Gasteiger partial charge is 0.219 e. The average molecular weight is 504 g/mol. The van der Waals surface area contributed by atoms with Crippen LogP contribution in [0.15, 0.2) is 0 Å². The zero-order valence-corrected chi connectivity index (χ0v) is 17.8. The highest BCUT2D eigenvalue weighted by molar-refractivity contribution is 4.98. The van der Waals surface area contributed by atoms with Gasteiger partial charge in [-0.05, 0) is 0 Å². The van der Waals surface area contributed by atoms with Crippen molar-refractivity contribution in [2.75, 3.05) is 33.0 Å². The minimum absolute atomic E-state index is 0.645. The van der Waals surface area contributed by atoms with E-state index in [0.717, 1.165) is 0 Å². The summed E-state index contributed by atoms with van der Waals surface area (Å²) in [4.78, 5) is 0. The van der Waals surface area contributed by atoms with E-state index in [1.807, 2.05) is 0 Å². The number of ether oxygens (including phenoxy) is 5. The molecule has 3 heterocycles. The highest BCUT2D eigenvalue weighted by atomic mass is 16.7. The van der Waals surface area contributed by atoms with Crippen LogP contribution in [0.5, 0.6) is 0 Å². The molecular formula is C18H32O16. The molecule has 3 aliphatic rings. The molecule has 0 bridgehead atoms. The van der Waals surface area contributed by atoms with Gasteiger partial charge in [0.25, 0.3) is 0 Å². The third-order valence-corrected chi connectivity index (χ3v) is 6.20. The van der Waals surface area contributed by atoms with Gasteiger partial charge in [-0.2, -0.15) is 0 Å². The second kappa shape index (κ2) is 10.8. The van der Waals surface area contributed by atoms with Gasteiger partial charge in [-0.1, -0.05) is 0 Å². The minimum atomic E-state index is -2.67. The van der Waals surface area contributed by atoms with Crippen LogP contribution in [-0.4, -0.2) is 168 Å². The van der Waals surface area contributed by atoms with Gasteiger partial charge in [-0.15, -0.1) is 0 Å². The Morgan fingerprint density at radius 3 is 1.71 bits per heavy atom. The van der Waals surface area contributed by atoms with E-state index < -0.39 is 112 Å². The fraction of sp³-hybridized carbons (Fsp3) is 1.00. The van der Waals surface area contributed by atoms with E-state index in [4.69, 9.17) is 33.9 Å². The molecule has 3 aliphatic heterocycles. The van der Waals surface area contributed by atoms with Gasteiger partial charge < -0.3 is 79.9 Å². The second-order valence-electron chi connectivity index (χ2n) is 8.56. The first-order valence-electron chi connectivity index (χ1n) is 10.5. The number of hydrogen-bond donors (Lipinski definition) is 11. The van der Waals surface area contributed by atoms with Crippen molar-refractivity contribution in [1.29, 1.82) is 0 Å². The van der Waals surface area contributed by atoms with Crippen LogP contribution >= 0.6 is 0 Å². The van der Waals surface area contributed by atoms with Crippen molar-refractivity contribution in [3.63, 3.8) is 0 Å². The van der Waals surface area contributed by atoms with E-state index in [9.17, 15) is 46.0 Å². The summed E-state index contributed by atoms with van der Waals surface area (Å²) in [7, 11) is 0. The topological polar surface area (TPSA) is 269 Å². The van der Waals surface area contributed by atoms with Gasteiger partial charge in [-0.25, -0.2) is 0 Å². The Morgan fingerprint density at radius 2 is 1.18 bits per heavy atom. The largest absolute Gasteiger partial charge is 0.394 e. The Kier molecular flexibility index (Phi) is 8.85. The molecule has 3 fully saturated rings. The van der Waals surface area contributed by atoms with Crippen LogP contribution in [0.3, 0.4) is 0 Å². The molecular weight excluding hydrogens is 472 g/mol. The van der Waals surface area contributed by atoms with Crippen LogP contribution < -0.4 is 0 Å². The van der Waals surface area contributed by atoms with E-state index in [1.54, 1.807) is 0 Å². The monoisotopic (exact) mass is 504 g/mol. The quantitative estimate of drug-likeness (QED) is 0.144. The molecule has 0 spiro atoms. The van der Waals surface area contributed by atoms with Gasteiger partial charge in [0, 0.05) is 0 Å². The molecule has 13 atom stereocenters. The highest BCUT2D eigenvalue weighted by Crippen LogP contribution is 2.33. The van der Waals surface area contributed by atoms with Crippen LogP contribution in [0.2, 0.25) is 0 Å². The summed E-state index contributed by atoms with van der Waals surface area (Å²) in [6.45, 7) is -3.55. The lowest BCUT2D eigenvalue weighted by Gasteiger charge is -2.48. The number of rotatable bonds is 7. The van der Waals surface area contributed by atoms with Crippen LogP contribution in [0, 0.1) is 0 Å². The van der Waals surface area contributed by atoms with Crippen molar-refractivity contribution in [1.82, 2.24) is 0 Å². The van der Waals surface area contributed by atoms with E-state index in [0.29, 0.717) is 0 Å². The number of hydrogen-bond acceptors (Lipinski definition) is 16. The number of aliphatic hydroxyl groups excluding tert-OH is 9. The summed E-state index contributed by atoms with van der Waals surface area (Å²) < 4.78 is 25.5. The Hall–Kier alpha value is -0.640. The third-order valence-electron chi connectivity index (χ3n) is 6.20.